The van der Waals surface area contributed by atoms with Crippen LogP contribution in [-0.2, 0) is 0 Å². The summed E-state index contributed by atoms with van der Waals surface area (Å²) in [5.41, 5.74) is 6.47. The maximum atomic E-state index is 6.22. The highest BCUT2D eigenvalue weighted by atomic mass is 15.2. The summed E-state index contributed by atoms with van der Waals surface area (Å²) in [5.74, 6) is 1.56. The van der Waals surface area contributed by atoms with Crippen LogP contribution in [0.3, 0.4) is 0 Å². The van der Waals surface area contributed by atoms with Gasteiger partial charge in [-0.1, -0.05) is 27.2 Å². The number of rotatable bonds is 5. The zero-order valence-electron chi connectivity index (χ0n) is 12.5. The van der Waals surface area contributed by atoms with Crippen molar-refractivity contribution in [3.63, 3.8) is 0 Å². The second kappa shape index (κ2) is 6.19. The maximum Gasteiger partial charge on any atom is 0.0362 e. The molecule has 1 aliphatic rings. The summed E-state index contributed by atoms with van der Waals surface area (Å²) in [6.07, 6.45) is 5.22. The van der Waals surface area contributed by atoms with Crippen LogP contribution in [0.1, 0.15) is 60.3 Å². The molecule has 1 fully saturated rings. The molecule has 102 valence electrons. The van der Waals surface area contributed by atoms with Crippen molar-refractivity contribution in [2.45, 2.75) is 71.9 Å². The third kappa shape index (κ3) is 3.03. The molecule has 1 rings (SSSR count). The number of nitrogens with two attached hydrogens (primary N) is 1. The molecular weight excluding hydrogens is 208 g/mol. The topological polar surface area (TPSA) is 29.3 Å². The molecular formula is C15H32N2. The molecule has 0 amide bonds. The van der Waals surface area contributed by atoms with Crippen molar-refractivity contribution in [3.8, 4) is 0 Å². The fraction of sp³-hybridized carbons (Fsp3) is 1.00. The first-order chi connectivity index (χ1) is 7.97. The molecule has 0 spiro atoms. The quantitative estimate of drug-likeness (QED) is 0.799. The lowest BCUT2D eigenvalue weighted by atomic mass is 9.68. The van der Waals surface area contributed by atoms with E-state index in [0.29, 0.717) is 6.04 Å². The Morgan fingerprint density at radius 1 is 1.29 bits per heavy atom. The van der Waals surface area contributed by atoms with E-state index in [-0.39, 0.29) is 5.54 Å². The van der Waals surface area contributed by atoms with E-state index in [0.717, 1.165) is 18.4 Å². The Bertz CT molecular complexity index is 227. The van der Waals surface area contributed by atoms with Crippen LogP contribution in [-0.4, -0.2) is 29.6 Å². The minimum absolute atomic E-state index is 0.252. The van der Waals surface area contributed by atoms with Crippen molar-refractivity contribution in [1.82, 2.24) is 4.90 Å². The fourth-order valence-electron chi connectivity index (χ4n) is 3.75. The lowest BCUT2D eigenvalue weighted by molar-refractivity contribution is -0.0239. The summed E-state index contributed by atoms with van der Waals surface area (Å²) < 4.78 is 0. The molecule has 3 atom stereocenters. The fourth-order valence-corrected chi connectivity index (χ4v) is 3.75. The second-order valence-corrected chi connectivity index (χ2v) is 6.38. The summed E-state index contributed by atoms with van der Waals surface area (Å²) in [7, 11) is 0. The normalized spacial score (nSPS) is 34.6. The van der Waals surface area contributed by atoms with Gasteiger partial charge in [0.15, 0.2) is 0 Å². The van der Waals surface area contributed by atoms with Crippen molar-refractivity contribution in [1.29, 1.82) is 0 Å². The van der Waals surface area contributed by atoms with E-state index in [2.05, 4.69) is 39.5 Å². The zero-order chi connectivity index (χ0) is 13.1. The number of nitrogens with zero attached hydrogens (tertiary/aromatic N) is 1. The highest BCUT2D eigenvalue weighted by Gasteiger charge is 2.44. The lowest BCUT2D eigenvalue weighted by Crippen LogP contribution is -2.62. The smallest absolute Gasteiger partial charge is 0.0362 e. The number of hydrogen-bond acceptors (Lipinski definition) is 2. The minimum Gasteiger partial charge on any atom is -0.329 e. The van der Waals surface area contributed by atoms with Gasteiger partial charge < -0.3 is 5.73 Å². The van der Waals surface area contributed by atoms with Crippen LogP contribution < -0.4 is 5.73 Å². The molecule has 2 heteroatoms. The van der Waals surface area contributed by atoms with E-state index >= 15 is 0 Å². The van der Waals surface area contributed by atoms with Crippen LogP contribution in [0.15, 0.2) is 0 Å². The Labute approximate surface area is 108 Å². The first kappa shape index (κ1) is 15.0. The van der Waals surface area contributed by atoms with Crippen molar-refractivity contribution in [2.24, 2.45) is 17.6 Å². The van der Waals surface area contributed by atoms with Gasteiger partial charge in [0.25, 0.3) is 0 Å². The van der Waals surface area contributed by atoms with Crippen LogP contribution in [0.5, 0.6) is 0 Å². The number of hydrogen-bond donors (Lipinski definition) is 1. The summed E-state index contributed by atoms with van der Waals surface area (Å²) in [6.45, 7) is 13.7. The first-order valence-electron chi connectivity index (χ1n) is 7.44. The lowest BCUT2D eigenvalue weighted by Gasteiger charge is -2.53. The van der Waals surface area contributed by atoms with Gasteiger partial charge >= 0.3 is 0 Å². The second-order valence-electron chi connectivity index (χ2n) is 6.38. The summed E-state index contributed by atoms with van der Waals surface area (Å²) in [6, 6.07) is 0.603. The molecule has 0 bridgehead atoms. The molecule has 1 saturated carbocycles. The van der Waals surface area contributed by atoms with Gasteiger partial charge in [0.2, 0.25) is 0 Å². The molecule has 0 saturated heterocycles. The monoisotopic (exact) mass is 240 g/mol. The molecule has 17 heavy (non-hydrogen) atoms. The molecule has 2 nitrogen and oxygen atoms in total. The van der Waals surface area contributed by atoms with E-state index < -0.39 is 0 Å². The predicted molar refractivity (Wildman–Crippen MR) is 76.1 cm³/mol. The standard InChI is InChI=1S/C15H32N2/c1-6-9-17(12(2)3)15(11-16)10-13(4)7-8-14(15)5/h12-14H,6-11,16H2,1-5H3. The highest BCUT2D eigenvalue weighted by Crippen LogP contribution is 2.41. The van der Waals surface area contributed by atoms with Crippen molar-refractivity contribution in [2.75, 3.05) is 13.1 Å². The van der Waals surface area contributed by atoms with Gasteiger partial charge in [0, 0.05) is 18.1 Å². The summed E-state index contributed by atoms with van der Waals surface area (Å²) in [4.78, 5) is 2.69. The molecule has 0 heterocycles. The Hall–Kier alpha value is -0.0800. The maximum absolute atomic E-state index is 6.22. The molecule has 0 radical (unpaired) electrons. The predicted octanol–water partition coefficient (Wildman–Crippen LogP) is 3.26. The van der Waals surface area contributed by atoms with E-state index in [1.54, 1.807) is 0 Å². The van der Waals surface area contributed by atoms with Crippen molar-refractivity contribution in [3.05, 3.63) is 0 Å². The SMILES string of the molecule is CCCN(C(C)C)C1(CN)CC(C)CCC1C. The summed E-state index contributed by atoms with van der Waals surface area (Å²) >= 11 is 0. The Balaban J connectivity index is 2.96. The van der Waals surface area contributed by atoms with Crippen LogP contribution in [0.4, 0.5) is 0 Å². The Morgan fingerprint density at radius 2 is 1.94 bits per heavy atom. The average molecular weight is 240 g/mol. The molecule has 0 aromatic heterocycles. The molecule has 0 aromatic carbocycles. The first-order valence-corrected chi connectivity index (χ1v) is 7.44. The van der Waals surface area contributed by atoms with Gasteiger partial charge in [-0.05, 0) is 51.5 Å². The van der Waals surface area contributed by atoms with Crippen LogP contribution in [0.2, 0.25) is 0 Å². The van der Waals surface area contributed by atoms with Crippen LogP contribution in [0.25, 0.3) is 0 Å². The zero-order valence-corrected chi connectivity index (χ0v) is 12.5. The Morgan fingerprint density at radius 3 is 2.41 bits per heavy atom. The largest absolute Gasteiger partial charge is 0.329 e. The van der Waals surface area contributed by atoms with E-state index in [1.165, 1.54) is 32.2 Å². The molecule has 0 aromatic rings. The van der Waals surface area contributed by atoms with E-state index in [4.69, 9.17) is 5.73 Å². The van der Waals surface area contributed by atoms with E-state index in [9.17, 15) is 0 Å². The van der Waals surface area contributed by atoms with Crippen LogP contribution in [0, 0.1) is 11.8 Å². The Kier molecular flexibility index (Phi) is 5.46. The van der Waals surface area contributed by atoms with Gasteiger partial charge in [-0.15, -0.1) is 0 Å². The van der Waals surface area contributed by atoms with Gasteiger partial charge in [-0.3, -0.25) is 4.90 Å². The summed E-state index contributed by atoms with van der Waals surface area (Å²) in [5, 5.41) is 0. The third-order valence-corrected chi connectivity index (χ3v) is 4.73. The van der Waals surface area contributed by atoms with Crippen LogP contribution >= 0.6 is 0 Å². The van der Waals surface area contributed by atoms with Gasteiger partial charge in [0.1, 0.15) is 0 Å². The van der Waals surface area contributed by atoms with Gasteiger partial charge in [-0.25, -0.2) is 0 Å². The molecule has 1 aliphatic carbocycles. The average Bonchev–Trinajstić information content (AvgIpc) is 2.29. The van der Waals surface area contributed by atoms with E-state index in [1.807, 2.05) is 0 Å². The molecule has 3 unspecified atom stereocenters. The van der Waals surface area contributed by atoms with Crippen molar-refractivity contribution >= 4 is 0 Å². The van der Waals surface area contributed by atoms with Gasteiger partial charge in [-0.2, -0.15) is 0 Å². The van der Waals surface area contributed by atoms with Gasteiger partial charge in [0.05, 0.1) is 0 Å². The molecule has 0 aliphatic heterocycles. The highest BCUT2D eigenvalue weighted by molar-refractivity contribution is 5.00. The molecule has 2 N–H and O–H groups in total. The third-order valence-electron chi connectivity index (χ3n) is 4.73. The minimum atomic E-state index is 0.252. The van der Waals surface area contributed by atoms with Crippen molar-refractivity contribution < 1.29 is 0 Å².